The summed E-state index contributed by atoms with van der Waals surface area (Å²) in [5.74, 6) is 0. The smallest absolute Gasteiger partial charge is 0.116 e. The molecule has 2 aliphatic rings. The highest BCUT2D eigenvalue weighted by molar-refractivity contribution is 5.02. The summed E-state index contributed by atoms with van der Waals surface area (Å²) in [6.07, 6.45) is 10.7. The lowest BCUT2D eigenvalue weighted by atomic mass is 9.97. The van der Waals surface area contributed by atoms with E-state index in [1.54, 1.807) is 0 Å². The Morgan fingerprint density at radius 1 is 1.27 bits per heavy atom. The van der Waals surface area contributed by atoms with Gasteiger partial charge in [0.1, 0.15) is 6.61 Å². The van der Waals surface area contributed by atoms with E-state index in [1.807, 2.05) is 6.26 Å². The van der Waals surface area contributed by atoms with Crippen molar-refractivity contribution in [2.45, 2.75) is 57.5 Å². The molecule has 1 aliphatic heterocycles. The second kappa shape index (κ2) is 5.02. The molecule has 86 valence electrons. The van der Waals surface area contributed by atoms with Gasteiger partial charge < -0.3 is 9.47 Å². The Bertz CT molecular complexity index is 219. The Morgan fingerprint density at radius 3 is 2.73 bits per heavy atom. The van der Waals surface area contributed by atoms with Crippen LogP contribution in [-0.2, 0) is 9.47 Å². The zero-order chi connectivity index (χ0) is 10.6. The summed E-state index contributed by atoms with van der Waals surface area (Å²) < 4.78 is 11.4. The van der Waals surface area contributed by atoms with Gasteiger partial charge in [0.05, 0.1) is 11.9 Å². The monoisotopic (exact) mass is 210 g/mol. The third-order valence-electron chi connectivity index (χ3n) is 3.43. The Kier molecular flexibility index (Phi) is 3.68. The first-order chi connectivity index (χ1) is 7.29. The van der Waals surface area contributed by atoms with Crippen LogP contribution in [0.1, 0.15) is 51.9 Å². The van der Waals surface area contributed by atoms with Gasteiger partial charge in [-0.05, 0) is 57.4 Å². The number of hydrogen-bond donors (Lipinski definition) is 0. The van der Waals surface area contributed by atoms with Crippen LogP contribution in [0.3, 0.4) is 0 Å². The second-order valence-corrected chi connectivity index (χ2v) is 5.05. The average molecular weight is 210 g/mol. The second-order valence-electron chi connectivity index (χ2n) is 5.05. The van der Waals surface area contributed by atoms with Gasteiger partial charge in [-0.1, -0.05) is 0 Å². The Morgan fingerprint density at radius 2 is 2.07 bits per heavy atom. The molecule has 2 rings (SSSR count). The summed E-state index contributed by atoms with van der Waals surface area (Å²) in [6, 6.07) is 0. The summed E-state index contributed by atoms with van der Waals surface area (Å²) in [6.45, 7) is 3.78. The molecule has 1 heterocycles. The summed E-state index contributed by atoms with van der Waals surface area (Å²) in [5.41, 5.74) is 1.45. The van der Waals surface area contributed by atoms with Gasteiger partial charge in [0.2, 0.25) is 0 Å². The maximum absolute atomic E-state index is 5.78. The number of rotatable bonds is 3. The minimum absolute atomic E-state index is 0.0338. The van der Waals surface area contributed by atoms with Crippen LogP contribution in [0, 0.1) is 0 Å². The van der Waals surface area contributed by atoms with E-state index >= 15 is 0 Å². The van der Waals surface area contributed by atoms with E-state index in [2.05, 4.69) is 6.92 Å². The Hall–Kier alpha value is -0.500. The highest BCUT2D eigenvalue weighted by Crippen LogP contribution is 2.26. The lowest BCUT2D eigenvalue weighted by Crippen LogP contribution is -2.37. The minimum Gasteiger partial charge on any atom is -0.498 e. The molecular formula is C13H22O2. The van der Waals surface area contributed by atoms with E-state index in [1.165, 1.54) is 44.1 Å². The molecule has 0 amide bonds. The van der Waals surface area contributed by atoms with Crippen LogP contribution in [0.2, 0.25) is 0 Å². The molecule has 0 aromatic rings. The van der Waals surface area contributed by atoms with E-state index < -0.39 is 0 Å². The third kappa shape index (κ3) is 3.23. The quantitative estimate of drug-likeness (QED) is 0.664. The highest BCUT2D eigenvalue weighted by atomic mass is 16.5. The van der Waals surface area contributed by atoms with E-state index in [0.29, 0.717) is 0 Å². The van der Waals surface area contributed by atoms with E-state index in [0.717, 1.165) is 19.6 Å². The standard InChI is InChI=1S/C13H22O2/c1-13(8-4-5-9-15-13)11-14-10-12-6-2-3-7-12/h10H,2-9,11H2,1H3. The van der Waals surface area contributed by atoms with Gasteiger partial charge in [0.15, 0.2) is 0 Å². The molecule has 0 radical (unpaired) electrons. The van der Waals surface area contributed by atoms with E-state index in [9.17, 15) is 0 Å². The normalized spacial score (nSPS) is 31.7. The van der Waals surface area contributed by atoms with Crippen molar-refractivity contribution in [3.8, 4) is 0 Å². The topological polar surface area (TPSA) is 18.5 Å². The van der Waals surface area contributed by atoms with Crippen LogP contribution in [0.5, 0.6) is 0 Å². The molecule has 0 N–H and O–H groups in total. The molecule has 2 fully saturated rings. The van der Waals surface area contributed by atoms with Gasteiger partial charge in [-0.2, -0.15) is 0 Å². The average Bonchev–Trinajstić information content (AvgIpc) is 2.71. The maximum Gasteiger partial charge on any atom is 0.116 e. The fourth-order valence-corrected chi connectivity index (χ4v) is 2.39. The largest absolute Gasteiger partial charge is 0.498 e. The number of ether oxygens (including phenoxy) is 2. The first-order valence-corrected chi connectivity index (χ1v) is 6.22. The van der Waals surface area contributed by atoms with Crippen LogP contribution in [-0.4, -0.2) is 18.8 Å². The molecule has 0 bridgehead atoms. The van der Waals surface area contributed by atoms with Crippen LogP contribution in [0.15, 0.2) is 11.8 Å². The Balaban J connectivity index is 1.74. The molecule has 15 heavy (non-hydrogen) atoms. The minimum atomic E-state index is -0.0338. The molecular weight excluding hydrogens is 188 g/mol. The molecule has 1 unspecified atom stereocenters. The van der Waals surface area contributed by atoms with Gasteiger partial charge in [-0.15, -0.1) is 0 Å². The van der Waals surface area contributed by atoms with Crippen LogP contribution >= 0.6 is 0 Å². The molecule has 2 nitrogen and oxygen atoms in total. The lowest BCUT2D eigenvalue weighted by molar-refractivity contribution is -0.0970. The van der Waals surface area contributed by atoms with Crippen LogP contribution in [0.25, 0.3) is 0 Å². The van der Waals surface area contributed by atoms with Gasteiger partial charge in [0, 0.05) is 6.61 Å². The predicted molar refractivity (Wildman–Crippen MR) is 60.7 cm³/mol. The fraction of sp³-hybridized carbons (Fsp3) is 0.846. The highest BCUT2D eigenvalue weighted by Gasteiger charge is 2.28. The number of allylic oxidation sites excluding steroid dienone is 1. The van der Waals surface area contributed by atoms with Crippen molar-refractivity contribution in [3.05, 3.63) is 11.8 Å². The molecule has 0 spiro atoms. The Labute approximate surface area is 92.6 Å². The molecule has 1 saturated carbocycles. The summed E-state index contributed by atoms with van der Waals surface area (Å²) >= 11 is 0. The first kappa shape index (κ1) is 11.0. The molecule has 1 atom stereocenters. The first-order valence-electron chi connectivity index (χ1n) is 6.22. The molecule has 0 aromatic carbocycles. The molecule has 2 heteroatoms. The van der Waals surface area contributed by atoms with Crippen molar-refractivity contribution in [1.29, 1.82) is 0 Å². The zero-order valence-corrected chi connectivity index (χ0v) is 9.76. The lowest BCUT2D eigenvalue weighted by Gasteiger charge is -2.33. The van der Waals surface area contributed by atoms with Crippen molar-refractivity contribution in [3.63, 3.8) is 0 Å². The molecule has 0 aromatic heterocycles. The third-order valence-corrected chi connectivity index (χ3v) is 3.43. The van der Waals surface area contributed by atoms with Gasteiger partial charge in [-0.3, -0.25) is 0 Å². The summed E-state index contributed by atoms with van der Waals surface area (Å²) in [7, 11) is 0. The van der Waals surface area contributed by atoms with E-state index in [-0.39, 0.29) is 5.60 Å². The number of hydrogen-bond acceptors (Lipinski definition) is 2. The fourth-order valence-electron chi connectivity index (χ4n) is 2.39. The predicted octanol–water partition coefficient (Wildman–Crippen LogP) is 3.42. The van der Waals surface area contributed by atoms with Crippen molar-refractivity contribution < 1.29 is 9.47 Å². The van der Waals surface area contributed by atoms with Crippen molar-refractivity contribution in [1.82, 2.24) is 0 Å². The van der Waals surface area contributed by atoms with Gasteiger partial charge >= 0.3 is 0 Å². The maximum atomic E-state index is 5.78. The van der Waals surface area contributed by atoms with E-state index in [4.69, 9.17) is 9.47 Å². The van der Waals surface area contributed by atoms with Crippen molar-refractivity contribution >= 4 is 0 Å². The zero-order valence-electron chi connectivity index (χ0n) is 9.76. The molecule has 1 aliphatic carbocycles. The summed E-state index contributed by atoms with van der Waals surface area (Å²) in [5, 5.41) is 0. The molecule has 1 saturated heterocycles. The van der Waals surface area contributed by atoms with Crippen molar-refractivity contribution in [2.24, 2.45) is 0 Å². The SMILES string of the molecule is CC1(COC=C2CCCC2)CCCCO1. The van der Waals surface area contributed by atoms with Crippen molar-refractivity contribution in [2.75, 3.05) is 13.2 Å². The van der Waals surface area contributed by atoms with Crippen LogP contribution in [0.4, 0.5) is 0 Å². The summed E-state index contributed by atoms with van der Waals surface area (Å²) in [4.78, 5) is 0. The van der Waals surface area contributed by atoms with Gasteiger partial charge in [-0.25, -0.2) is 0 Å². The van der Waals surface area contributed by atoms with Gasteiger partial charge in [0.25, 0.3) is 0 Å². The van der Waals surface area contributed by atoms with Crippen LogP contribution < -0.4 is 0 Å².